The number of nitrogens with zero attached hydrogens (tertiary/aromatic N) is 1. The number of carbonyl (C=O) groups excluding carboxylic acids is 2. The molecule has 2 aromatic rings. The monoisotopic (exact) mass is 372 g/mol. The maximum absolute atomic E-state index is 12.5. The Labute approximate surface area is 152 Å². The van der Waals surface area contributed by atoms with E-state index in [0.29, 0.717) is 10.8 Å². The Morgan fingerprint density at radius 1 is 1.08 bits per heavy atom. The maximum atomic E-state index is 12.5. The van der Waals surface area contributed by atoms with Crippen LogP contribution in [0.3, 0.4) is 0 Å². The number of hydrogen-bond donors (Lipinski definition) is 1. The van der Waals surface area contributed by atoms with Gasteiger partial charge in [-0.3, -0.25) is 9.59 Å². The number of carbonyl (C=O) groups is 2. The summed E-state index contributed by atoms with van der Waals surface area (Å²) >= 11 is 0. The van der Waals surface area contributed by atoms with Crippen molar-refractivity contribution in [1.82, 2.24) is 9.62 Å². The van der Waals surface area contributed by atoms with E-state index in [1.54, 1.807) is 12.1 Å². The van der Waals surface area contributed by atoms with Gasteiger partial charge < -0.3 is 5.32 Å². The zero-order chi connectivity index (χ0) is 18.7. The molecule has 0 saturated carbocycles. The number of hydrogen-bond acceptors (Lipinski definition) is 4. The summed E-state index contributed by atoms with van der Waals surface area (Å²) in [5.74, 6) is -1.03. The van der Waals surface area contributed by atoms with Gasteiger partial charge in [0.15, 0.2) is 0 Å². The molecule has 1 heterocycles. The molecule has 2 aromatic carbocycles. The highest BCUT2D eigenvalue weighted by Gasteiger charge is 2.41. The summed E-state index contributed by atoms with van der Waals surface area (Å²) in [5.41, 5.74) is 1.21. The summed E-state index contributed by atoms with van der Waals surface area (Å²) < 4.78 is 25.6. The van der Waals surface area contributed by atoms with Crippen molar-refractivity contribution >= 4 is 21.8 Å². The van der Waals surface area contributed by atoms with E-state index in [0.717, 1.165) is 12.0 Å². The van der Waals surface area contributed by atoms with E-state index in [-0.39, 0.29) is 16.4 Å². The molecule has 26 heavy (non-hydrogen) atoms. The number of fused-ring (bicyclic) bond motifs is 1. The fraction of sp³-hybridized carbons (Fsp3) is 0.263. The molecule has 0 bridgehead atoms. The molecule has 136 valence electrons. The first-order valence-corrected chi connectivity index (χ1v) is 9.87. The van der Waals surface area contributed by atoms with Gasteiger partial charge in [-0.15, -0.1) is 0 Å². The van der Waals surface area contributed by atoms with Gasteiger partial charge in [-0.1, -0.05) is 49.4 Å². The molecule has 1 atom stereocenters. The maximum Gasteiger partial charge on any atom is 0.269 e. The minimum Gasteiger partial charge on any atom is -0.354 e. The van der Waals surface area contributed by atoms with E-state index in [1.165, 1.54) is 12.1 Å². The summed E-state index contributed by atoms with van der Waals surface area (Å²) in [6.45, 7) is 1.89. The zero-order valence-corrected chi connectivity index (χ0v) is 15.2. The predicted molar refractivity (Wildman–Crippen MR) is 97.1 cm³/mol. The second-order valence-electron chi connectivity index (χ2n) is 6.13. The largest absolute Gasteiger partial charge is 0.354 e. The van der Waals surface area contributed by atoms with E-state index >= 15 is 0 Å². The molecule has 0 spiro atoms. The van der Waals surface area contributed by atoms with Crippen LogP contribution in [-0.4, -0.2) is 37.6 Å². The number of nitrogens with one attached hydrogen (secondary N) is 1. The molecular formula is C19H20N2O4S. The predicted octanol–water partition coefficient (Wildman–Crippen LogP) is 2.14. The van der Waals surface area contributed by atoms with Crippen molar-refractivity contribution in [2.75, 3.05) is 13.1 Å². The summed E-state index contributed by atoms with van der Waals surface area (Å²) in [6.07, 6.45) is 0.830. The van der Waals surface area contributed by atoms with E-state index in [4.69, 9.17) is 0 Å². The van der Waals surface area contributed by atoms with Crippen LogP contribution in [0.4, 0.5) is 0 Å². The highest BCUT2D eigenvalue weighted by atomic mass is 32.2. The third kappa shape index (κ3) is 3.35. The minimum atomic E-state index is -3.96. The average molecular weight is 372 g/mol. The van der Waals surface area contributed by atoms with Gasteiger partial charge in [0.05, 0.1) is 5.56 Å². The first kappa shape index (κ1) is 18.1. The summed E-state index contributed by atoms with van der Waals surface area (Å²) in [7, 11) is -3.96. The number of amides is 2. The van der Waals surface area contributed by atoms with Crippen LogP contribution in [-0.2, 0) is 14.8 Å². The Morgan fingerprint density at radius 3 is 2.38 bits per heavy atom. The average Bonchev–Trinajstić information content (AvgIpc) is 2.84. The summed E-state index contributed by atoms with van der Waals surface area (Å²) in [5, 5.41) is 2.75. The van der Waals surface area contributed by atoms with Gasteiger partial charge in [-0.2, -0.15) is 0 Å². The molecule has 0 fully saturated rings. The van der Waals surface area contributed by atoms with Gasteiger partial charge in [0.25, 0.3) is 15.9 Å². The first-order chi connectivity index (χ1) is 12.4. The Balaban J connectivity index is 1.67. The first-order valence-electron chi connectivity index (χ1n) is 8.43. The van der Waals surface area contributed by atoms with E-state index < -0.39 is 28.4 Å². The molecule has 6 nitrogen and oxygen atoms in total. The lowest BCUT2D eigenvalue weighted by Crippen LogP contribution is -2.41. The lowest BCUT2D eigenvalue weighted by atomic mass is 9.96. The highest BCUT2D eigenvalue weighted by Crippen LogP contribution is 2.29. The Morgan fingerprint density at radius 2 is 1.73 bits per heavy atom. The number of rotatable bonds is 6. The zero-order valence-electron chi connectivity index (χ0n) is 14.4. The summed E-state index contributed by atoms with van der Waals surface area (Å²) in [6, 6.07) is 15.8. The molecule has 0 radical (unpaired) electrons. The minimum absolute atomic E-state index is 0.0477. The smallest absolute Gasteiger partial charge is 0.269 e. The molecule has 0 saturated heterocycles. The fourth-order valence-corrected chi connectivity index (χ4v) is 4.56. The molecule has 3 rings (SSSR count). The van der Waals surface area contributed by atoms with Crippen LogP contribution >= 0.6 is 0 Å². The van der Waals surface area contributed by atoms with E-state index in [9.17, 15) is 18.0 Å². The van der Waals surface area contributed by atoms with Gasteiger partial charge in [-0.05, 0) is 24.1 Å². The fourth-order valence-electron chi connectivity index (χ4n) is 3.03. The van der Waals surface area contributed by atoms with Crippen molar-refractivity contribution in [1.29, 1.82) is 0 Å². The lowest BCUT2D eigenvalue weighted by Gasteiger charge is -2.18. The second-order valence-corrected chi connectivity index (χ2v) is 7.96. The Bertz CT molecular complexity index is 926. The van der Waals surface area contributed by atoms with Gasteiger partial charge in [0.2, 0.25) is 5.91 Å². The molecular weight excluding hydrogens is 352 g/mol. The SMILES string of the molecule is CCC(CNC(=O)CN1C(=O)c2ccccc2S1(=O)=O)c1ccccc1. The molecule has 1 aliphatic heterocycles. The van der Waals surface area contributed by atoms with Crippen molar-refractivity contribution in [2.24, 2.45) is 0 Å². The topological polar surface area (TPSA) is 83.6 Å². The normalized spacial score (nSPS) is 16.2. The molecule has 2 amide bonds. The van der Waals surface area contributed by atoms with Crippen molar-refractivity contribution in [3.05, 3.63) is 65.7 Å². The van der Waals surface area contributed by atoms with Crippen LogP contribution < -0.4 is 5.32 Å². The van der Waals surface area contributed by atoms with Crippen LogP contribution in [0.15, 0.2) is 59.5 Å². The highest BCUT2D eigenvalue weighted by molar-refractivity contribution is 7.90. The second kappa shape index (κ2) is 7.29. The molecule has 1 aliphatic rings. The van der Waals surface area contributed by atoms with Crippen LogP contribution in [0, 0.1) is 0 Å². The van der Waals surface area contributed by atoms with Crippen LogP contribution in [0.5, 0.6) is 0 Å². The van der Waals surface area contributed by atoms with Crippen LogP contribution in [0.2, 0.25) is 0 Å². The van der Waals surface area contributed by atoms with Gasteiger partial charge in [0, 0.05) is 12.5 Å². The summed E-state index contributed by atoms with van der Waals surface area (Å²) in [4.78, 5) is 24.5. The van der Waals surface area contributed by atoms with Crippen LogP contribution in [0.25, 0.3) is 0 Å². The quantitative estimate of drug-likeness (QED) is 0.842. The Hall–Kier alpha value is -2.67. The van der Waals surface area contributed by atoms with Gasteiger partial charge in [-0.25, -0.2) is 12.7 Å². The molecule has 0 aromatic heterocycles. The van der Waals surface area contributed by atoms with Crippen molar-refractivity contribution in [3.8, 4) is 0 Å². The Kier molecular flexibility index (Phi) is 5.08. The van der Waals surface area contributed by atoms with Crippen molar-refractivity contribution in [2.45, 2.75) is 24.2 Å². The molecule has 1 N–H and O–H groups in total. The number of sulfonamides is 1. The van der Waals surface area contributed by atoms with Gasteiger partial charge in [0.1, 0.15) is 11.4 Å². The standard InChI is InChI=1S/C19H20N2O4S/c1-2-14(15-8-4-3-5-9-15)12-20-18(22)13-21-19(23)16-10-6-7-11-17(16)26(21,24)25/h3-11,14H,2,12-13H2,1H3,(H,20,22). The van der Waals surface area contributed by atoms with Crippen molar-refractivity contribution in [3.63, 3.8) is 0 Å². The van der Waals surface area contributed by atoms with E-state index in [1.807, 2.05) is 37.3 Å². The third-order valence-electron chi connectivity index (χ3n) is 4.51. The third-order valence-corrected chi connectivity index (χ3v) is 6.30. The number of benzene rings is 2. The van der Waals surface area contributed by atoms with E-state index in [2.05, 4.69) is 5.32 Å². The van der Waals surface area contributed by atoms with Crippen molar-refractivity contribution < 1.29 is 18.0 Å². The van der Waals surface area contributed by atoms with Gasteiger partial charge >= 0.3 is 0 Å². The molecule has 7 heteroatoms. The molecule has 0 aliphatic carbocycles. The van der Waals surface area contributed by atoms with Crippen LogP contribution in [0.1, 0.15) is 35.2 Å². The molecule has 1 unspecified atom stereocenters. The lowest BCUT2D eigenvalue weighted by molar-refractivity contribution is -0.121.